The fraction of sp³-hybridized carbons (Fsp3) is 0.200. The number of nitrogens with two attached hydrogens (primary N) is 1. The van der Waals surface area contributed by atoms with Gasteiger partial charge in [-0.15, -0.1) is 0 Å². The van der Waals surface area contributed by atoms with E-state index in [4.69, 9.17) is 15.7 Å². The van der Waals surface area contributed by atoms with Gasteiger partial charge in [-0.3, -0.25) is 0 Å². The monoisotopic (exact) mass is 271 g/mol. The summed E-state index contributed by atoms with van der Waals surface area (Å²) >= 11 is 0. The third kappa shape index (κ3) is 2.88. The molecular formula is C15H17N3O2. The van der Waals surface area contributed by atoms with E-state index >= 15 is 0 Å². The number of nitrogens with zero attached hydrogens (tertiary/aromatic N) is 2. The molecule has 0 amide bonds. The zero-order valence-electron chi connectivity index (χ0n) is 11.7. The molecule has 0 fully saturated rings. The number of rotatable bonds is 3. The first-order valence-corrected chi connectivity index (χ1v) is 6.21. The van der Waals surface area contributed by atoms with Gasteiger partial charge >= 0.3 is 0 Å². The van der Waals surface area contributed by atoms with E-state index in [1.54, 1.807) is 18.3 Å². The molecular weight excluding hydrogens is 254 g/mol. The van der Waals surface area contributed by atoms with Crippen molar-refractivity contribution < 1.29 is 9.94 Å². The molecule has 5 nitrogen and oxygen atoms in total. The van der Waals surface area contributed by atoms with Crippen molar-refractivity contribution in [3.8, 4) is 11.5 Å². The summed E-state index contributed by atoms with van der Waals surface area (Å²) in [7, 11) is 0. The molecule has 0 atom stereocenters. The van der Waals surface area contributed by atoms with Crippen molar-refractivity contribution in [3.05, 3.63) is 52.8 Å². The van der Waals surface area contributed by atoms with Crippen LogP contribution in [-0.2, 0) is 0 Å². The quantitative estimate of drug-likeness (QED) is 0.389. The summed E-state index contributed by atoms with van der Waals surface area (Å²) in [6.45, 7) is 6.09. The van der Waals surface area contributed by atoms with Gasteiger partial charge in [-0.05, 0) is 55.7 Å². The van der Waals surface area contributed by atoms with Crippen molar-refractivity contribution in [2.45, 2.75) is 20.8 Å². The van der Waals surface area contributed by atoms with Crippen molar-refractivity contribution in [1.29, 1.82) is 0 Å². The topological polar surface area (TPSA) is 80.7 Å². The molecule has 0 unspecified atom stereocenters. The predicted octanol–water partition coefficient (Wildman–Crippen LogP) is 2.89. The molecule has 0 radical (unpaired) electrons. The van der Waals surface area contributed by atoms with Crippen molar-refractivity contribution in [2.24, 2.45) is 10.9 Å². The summed E-state index contributed by atoms with van der Waals surface area (Å²) in [6.07, 6.45) is 1.55. The molecule has 5 heteroatoms. The number of oxime groups is 1. The van der Waals surface area contributed by atoms with Crippen LogP contribution < -0.4 is 10.5 Å². The van der Waals surface area contributed by atoms with E-state index in [1.807, 2.05) is 19.9 Å². The maximum atomic E-state index is 8.58. The zero-order valence-corrected chi connectivity index (χ0v) is 11.7. The lowest BCUT2D eigenvalue weighted by atomic mass is 10.1. The van der Waals surface area contributed by atoms with Gasteiger partial charge < -0.3 is 15.7 Å². The highest BCUT2D eigenvalue weighted by Crippen LogP contribution is 2.28. The maximum absolute atomic E-state index is 8.58. The van der Waals surface area contributed by atoms with Gasteiger partial charge in [0.2, 0.25) is 0 Å². The van der Waals surface area contributed by atoms with Gasteiger partial charge in [-0.2, -0.15) is 0 Å². The van der Waals surface area contributed by atoms with E-state index in [0.29, 0.717) is 11.4 Å². The minimum absolute atomic E-state index is 0.0286. The van der Waals surface area contributed by atoms with Crippen LogP contribution in [0.2, 0.25) is 0 Å². The molecule has 0 saturated carbocycles. The first-order valence-electron chi connectivity index (χ1n) is 6.21. The molecule has 0 spiro atoms. The summed E-state index contributed by atoms with van der Waals surface area (Å²) in [6, 6.07) is 7.47. The highest BCUT2D eigenvalue weighted by Gasteiger charge is 2.07. The van der Waals surface area contributed by atoms with Crippen LogP contribution in [0.15, 0.2) is 35.6 Å². The summed E-state index contributed by atoms with van der Waals surface area (Å²) in [4.78, 5) is 4.08. The van der Waals surface area contributed by atoms with E-state index in [9.17, 15) is 0 Å². The normalized spacial score (nSPS) is 11.4. The second-order valence-corrected chi connectivity index (χ2v) is 4.67. The molecule has 0 aliphatic heterocycles. The Balaban J connectivity index is 2.27. The van der Waals surface area contributed by atoms with E-state index < -0.39 is 0 Å². The summed E-state index contributed by atoms with van der Waals surface area (Å²) in [5.74, 6) is 1.38. The third-order valence-corrected chi connectivity index (χ3v) is 3.10. The van der Waals surface area contributed by atoms with Crippen molar-refractivity contribution in [2.75, 3.05) is 0 Å². The molecule has 2 rings (SSSR count). The van der Waals surface area contributed by atoms with Gasteiger partial charge in [-0.25, -0.2) is 4.98 Å². The number of ether oxygens (including phenoxy) is 1. The average Bonchev–Trinajstić information content (AvgIpc) is 2.44. The number of amidine groups is 1. The fourth-order valence-corrected chi connectivity index (χ4v) is 1.88. The number of pyridine rings is 1. The van der Waals surface area contributed by atoms with Crippen molar-refractivity contribution in [1.82, 2.24) is 4.98 Å². The maximum Gasteiger partial charge on any atom is 0.188 e. The molecule has 0 saturated heterocycles. The fourth-order valence-electron chi connectivity index (χ4n) is 1.88. The molecule has 20 heavy (non-hydrogen) atoms. The number of benzene rings is 1. The Labute approximate surface area is 117 Å². The summed E-state index contributed by atoms with van der Waals surface area (Å²) in [5, 5.41) is 11.5. The molecule has 0 aliphatic rings. The summed E-state index contributed by atoms with van der Waals surface area (Å²) in [5.41, 5.74) is 9.28. The minimum atomic E-state index is -0.0286. The molecule has 1 aromatic carbocycles. The van der Waals surface area contributed by atoms with E-state index in [-0.39, 0.29) is 5.84 Å². The first kappa shape index (κ1) is 13.9. The molecule has 1 aromatic heterocycles. The Kier molecular flexibility index (Phi) is 3.89. The van der Waals surface area contributed by atoms with Crippen LogP contribution in [0.3, 0.4) is 0 Å². The van der Waals surface area contributed by atoms with Crippen LogP contribution in [0.25, 0.3) is 0 Å². The molecule has 0 bridgehead atoms. The van der Waals surface area contributed by atoms with Gasteiger partial charge in [0.1, 0.15) is 17.2 Å². The number of aryl methyl sites for hydroxylation is 2. The molecule has 2 aromatic rings. The Morgan fingerprint density at radius 2 is 2.00 bits per heavy atom. The zero-order chi connectivity index (χ0) is 14.7. The molecule has 3 N–H and O–H groups in total. The third-order valence-electron chi connectivity index (χ3n) is 3.10. The SMILES string of the molecule is Cc1cc(C)c(C)c(Oc2ccc(/C(N)=N/O)nc2)c1. The van der Waals surface area contributed by atoms with Crippen LogP contribution >= 0.6 is 0 Å². The Bertz CT molecular complexity index is 649. The standard InChI is InChI=1S/C15H17N3O2/c1-9-6-10(2)11(3)14(7-9)20-12-4-5-13(17-8-12)15(16)18-19/h4-8,19H,1-3H3,(H2,16,18). The lowest BCUT2D eigenvalue weighted by Crippen LogP contribution is -2.14. The van der Waals surface area contributed by atoms with Gasteiger partial charge in [0.25, 0.3) is 0 Å². The second kappa shape index (κ2) is 5.61. The molecule has 0 aliphatic carbocycles. The highest BCUT2D eigenvalue weighted by atomic mass is 16.5. The molecule has 1 heterocycles. The van der Waals surface area contributed by atoms with Crippen molar-refractivity contribution >= 4 is 5.84 Å². The lowest BCUT2D eigenvalue weighted by Gasteiger charge is -2.12. The average molecular weight is 271 g/mol. The Hall–Kier alpha value is -2.56. The van der Waals surface area contributed by atoms with E-state index in [0.717, 1.165) is 16.9 Å². The van der Waals surface area contributed by atoms with Crippen LogP contribution in [0.1, 0.15) is 22.4 Å². The van der Waals surface area contributed by atoms with Crippen molar-refractivity contribution in [3.63, 3.8) is 0 Å². The second-order valence-electron chi connectivity index (χ2n) is 4.67. The van der Waals surface area contributed by atoms with Gasteiger partial charge in [-0.1, -0.05) is 11.2 Å². The summed E-state index contributed by atoms with van der Waals surface area (Å²) < 4.78 is 5.83. The van der Waals surface area contributed by atoms with Gasteiger partial charge in [0.05, 0.1) is 6.20 Å². The van der Waals surface area contributed by atoms with Crippen LogP contribution in [-0.4, -0.2) is 16.0 Å². The molecule has 104 valence electrons. The Morgan fingerprint density at radius 3 is 2.60 bits per heavy atom. The predicted molar refractivity (Wildman–Crippen MR) is 77.5 cm³/mol. The van der Waals surface area contributed by atoms with Crippen LogP contribution in [0.4, 0.5) is 0 Å². The first-order chi connectivity index (χ1) is 9.51. The lowest BCUT2D eigenvalue weighted by molar-refractivity contribution is 0.318. The van der Waals surface area contributed by atoms with Gasteiger partial charge in [0.15, 0.2) is 5.84 Å². The van der Waals surface area contributed by atoms with Gasteiger partial charge in [0, 0.05) is 0 Å². The van der Waals surface area contributed by atoms with Crippen LogP contribution in [0, 0.1) is 20.8 Å². The largest absolute Gasteiger partial charge is 0.455 e. The highest BCUT2D eigenvalue weighted by molar-refractivity contribution is 5.95. The Morgan fingerprint density at radius 1 is 1.25 bits per heavy atom. The van der Waals surface area contributed by atoms with E-state index in [1.165, 1.54) is 5.56 Å². The minimum Gasteiger partial charge on any atom is -0.455 e. The number of aromatic nitrogens is 1. The number of hydrogen-bond donors (Lipinski definition) is 2. The van der Waals surface area contributed by atoms with Crippen LogP contribution in [0.5, 0.6) is 11.5 Å². The smallest absolute Gasteiger partial charge is 0.188 e. The number of hydrogen-bond acceptors (Lipinski definition) is 4. The van der Waals surface area contributed by atoms with E-state index in [2.05, 4.69) is 23.1 Å².